The van der Waals surface area contributed by atoms with Gasteiger partial charge in [-0.2, -0.15) is 0 Å². The number of aromatic nitrogens is 2. The number of hydrogen-bond donors (Lipinski definition) is 1. The normalized spacial score (nSPS) is 10.9. The fourth-order valence-corrected chi connectivity index (χ4v) is 2.12. The van der Waals surface area contributed by atoms with Gasteiger partial charge in [0.1, 0.15) is 18.0 Å². The Hall–Kier alpha value is -1.97. The van der Waals surface area contributed by atoms with E-state index in [1.807, 2.05) is 18.2 Å². The smallest absolute Gasteiger partial charge is 0.129 e. The molecule has 4 heteroatoms. The SMILES string of the molecule is Cc1cc(CNc2cc(C(C)C)ncn2)cc(C)c1F. The number of benzene rings is 1. The summed E-state index contributed by atoms with van der Waals surface area (Å²) in [4.78, 5) is 8.44. The molecule has 0 fully saturated rings. The van der Waals surface area contributed by atoms with Crippen molar-refractivity contribution in [1.82, 2.24) is 9.97 Å². The molecule has 2 rings (SSSR count). The third-order valence-corrected chi connectivity index (χ3v) is 3.25. The summed E-state index contributed by atoms with van der Waals surface area (Å²) in [7, 11) is 0. The summed E-state index contributed by atoms with van der Waals surface area (Å²) in [6.45, 7) is 8.38. The van der Waals surface area contributed by atoms with Gasteiger partial charge in [0.2, 0.25) is 0 Å². The number of nitrogens with one attached hydrogen (secondary N) is 1. The Morgan fingerprint density at radius 1 is 1.10 bits per heavy atom. The van der Waals surface area contributed by atoms with E-state index in [-0.39, 0.29) is 5.82 Å². The van der Waals surface area contributed by atoms with Gasteiger partial charge in [-0.1, -0.05) is 26.0 Å². The summed E-state index contributed by atoms with van der Waals surface area (Å²) in [6, 6.07) is 5.67. The van der Waals surface area contributed by atoms with Crippen LogP contribution in [0, 0.1) is 19.7 Å². The van der Waals surface area contributed by atoms with Gasteiger partial charge in [-0.3, -0.25) is 0 Å². The highest BCUT2D eigenvalue weighted by Crippen LogP contribution is 2.17. The molecule has 1 heterocycles. The van der Waals surface area contributed by atoms with E-state index in [9.17, 15) is 4.39 Å². The van der Waals surface area contributed by atoms with Crippen molar-refractivity contribution in [2.24, 2.45) is 0 Å². The second-order valence-corrected chi connectivity index (χ2v) is 5.38. The molecular weight excluding hydrogens is 253 g/mol. The van der Waals surface area contributed by atoms with Gasteiger partial charge in [-0.15, -0.1) is 0 Å². The molecule has 0 unspecified atom stereocenters. The third-order valence-electron chi connectivity index (χ3n) is 3.25. The Labute approximate surface area is 119 Å². The van der Waals surface area contributed by atoms with Gasteiger partial charge in [0, 0.05) is 18.3 Å². The molecule has 0 bridgehead atoms. The number of nitrogens with zero attached hydrogens (tertiary/aromatic N) is 2. The summed E-state index contributed by atoms with van der Waals surface area (Å²) >= 11 is 0. The molecule has 3 nitrogen and oxygen atoms in total. The van der Waals surface area contributed by atoms with Crippen LogP contribution in [-0.4, -0.2) is 9.97 Å². The van der Waals surface area contributed by atoms with Gasteiger partial charge >= 0.3 is 0 Å². The second-order valence-electron chi connectivity index (χ2n) is 5.38. The molecule has 20 heavy (non-hydrogen) atoms. The Bertz CT molecular complexity index is 585. The van der Waals surface area contributed by atoms with E-state index in [0.717, 1.165) is 17.1 Å². The van der Waals surface area contributed by atoms with Crippen molar-refractivity contribution in [3.8, 4) is 0 Å². The maximum atomic E-state index is 13.6. The van der Waals surface area contributed by atoms with Crippen molar-refractivity contribution in [3.63, 3.8) is 0 Å². The minimum atomic E-state index is -0.127. The molecule has 1 aromatic heterocycles. The van der Waals surface area contributed by atoms with E-state index >= 15 is 0 Å². The van der Waals surface area contributed by atoms with Crippen LogP contribution >= 0.6 is 0 Å². The zero-order chi connectivity index (χ0) is 14.7. The standard InChI is InChI=1S/C16H20FN3/c1-10(2)14-7-15(20-9-19-14)18-8-13-5-11(3)16(17)12(4)6-13/h5-7,9-10H,8H2,1-4H3,(H,18,19,20). The lowest BCUT2D eigenvalue weighted by molar-refractivity contribution is 0.608. The molecule has 106 valence electrons. The lowest BCUT2D eigenvalue weighted by Gasteiger charge is -2.10. The van der Waals surface area contributed by atoms with Gasteiger partial charge in [-0.05, 0) is 36.5 Å². The lowest BCUT2D eigenvalue weighted by Crippen LogP contribution is -2.04. The molecule has 0 radical (unpaired) electrons. The first-order valence-corrected chi connectivity index (χ1v) is 6.79. The molecular formula is C16H20FN3. The number of aryl methyl sites for hydroxylation is 2. The van der Waals surface area contributed by atoms with E-state index < -0.39 is 0 Å². The molecule has 0 aliphatic rings. The molecule has 2 aromatic rings. The van der Waals surface area contributed by atoms with Crippen LogP contribution in [0.25, 0.3) is 0 Å². The highest BCUT2D eigenvalue weighted by molar-refractivity contribution is 5.38. The van der Waals surface area contributed by atoms with Crippen molar-refractivity contribution < 1.29 is 4.39 Å². The number of rotatable bonds is 4. The van der Waals surface area contributed by atoms with Crippen molar-refractivity contribution in [2.45, 2.75) is 40.2 Å². The van der Waals surface area contributed by atoms with Crippen LogP contribution in [0.2, 0.25) is 0 Å². The van der Waals surface area contributed by atoms with Gasteiger partial charge in [-0.25, -0.2) is 14.4 Å². The highest BCUT2D eigenvalue weighted by atomic mass is 19.1. The van der Waals surface area contributed by atoms with E-state index in [2.05, 4.69) is 29.1 Å². The van der Waals surface area contributed by atoms with E-state index in [0.29, 0.717) is 23.6 Å². The van der Waals surface area contributed by atoms with Crippen LogP contribution in [0.3, 0.4) is 0 Å². The van der Waals surface area contributed by atoms with Crippen LogP contribution < -0.4 is 5.32 Å². The largest absolute Gasteiger partial charge is 0.366 e. The van der Waals surface area contributed by atoms with Crippen molar-refractivity contribution in [2.75, 3.05) is 5.32 Å². The van der Waals surface area contributed by atoms with Gasteiger partial charge in [0.05, 0.1) is 0 Å². The molecule has 1 aromatic carbocycles. The fourth-order valence-electron chi connectivity index (χ4n) is 2.12. The fraction of sp³-hybridized carbons (Fsp3) is 0.375. The van der Waals surface area contributed by atoms with E-state index in [1.165, 1.54) is 0 Å². The lowest BCUT2D eigenvalue weighted by atomic mass is 10.1. The van der Waals surface area contributed by atoms with E-state index in [1.54, 1.807) is 20.2 Å². The van der Waals surface area contributed by atoms with Crippen molar-refractivity contribution >= 4 is 5.82 Å². The predicted octanol–water partition coefficient (Wildman–Crippen LogP) is 3.97. The van der Waals surface area contributed by atoms with E-state index in [4.69, 9.17) is 0 Å². The first-order valence-electron chi connectivity index (χ1n) is 6.79. The average Bonchev–Trinajstić information content (AvgIpc) is 2.42. The minimum Gasteiger partial charge on any atom is -0.366 e. The Balaban J connectivity index is 2.11. The molecule has 0 saturated carbocycles. The van der Waals surface area contributed by atoms with Gasteiger partial charge < -0.3 is 5.32 Å². The molecule has 0 saturated heterocycles. The molecule has 0 spiro atoms. The number of halogens is 1. The Morgan fingerprint density at radius 2 is 1.75 bits per heavy atom. The minimum absolute atomic E-state index is 0.127. The van der Waals surface area contributed by atoms with Crippen LogP contribution in [0.15, 0.2) is 24.5 Å². The maximum absolute atomic E-state index is 13.6. The zero-order valence-electron chi connectivity index (χ0n) is 12.4. The second kappa shape index (κ2) is 5.99. The third kappa shape index (κ3) is 3.32. The Morgan fingerprint density at radius 3 is 2.35 bits per heavy atom. The molecule has 0 atom stereocenters. The Kier molecular flexibility index (Phi) is 4.32. The monoisotopic (exact) mass is 273 g/mol. The molecule has 0 aliphatic carbocycles. The summed E-state index contributed by atoms with van der Waals surface area (Å²) in [5.74, 6) is 1.04. The summed E-state index contributed by atoms with van der Waals surface area (Å²) in [6.07, 6.45) is 1.57. The van der Waals surface area contributed by atoms with Crippen LogP contribution in [0.4, 0.5) is 10.2 Å². The molecule has 0 aliphatic heterocycles. The first-order chi connectivity index (χ1) is 9.47. The van der Waals surface area contributed by atoms with Crippen molar-refractivity contribution in [1.29, 1.82) is 0 Å². The highest BCUT2D eigenvalue weighted by Gasteiger charge is 2.06. The van der Waals surface area contributed by atoms with Crippen LogP contribution in [0.5, 0.6) is 0 Å². The quantitative estimate of drug-likeness (QED) is 0.916. The van der Waals surface area contributed by atoms with Gasteiger partial charge in [0.25, 0.3) is 0 Å². The summed E-state index contributed by atoms with van der Waals surface area (Å²) in [5, 5.41) is 3.26. The summed E-state index contributed by atoms with van der Waals surface area (Å²) < 4.78 is 13.6. The molecule has 1 N–H and O–H groups in total. The molecule has 0 amide bonds. The topological polar surface area (TPSA) is 37.8 Å². The summed E-state index contributed by atoms with van der Waals surface area (Å²) in [5.41, 5.74) is 3.40. The number of anilines is 1. The first kappa shape index (κ1) is 14.4. The van der Waals surface area contributed by atoms with Crippen molar-refractivity contribution in [3.05, 3.63) is 52.7 Å². The van der Waals surface area contributed by atoms with Gasteiger partial charge in [0.15, 0.2) is 0 Å². The number of hydrogen-bond acceptors (Lipinski definition) is 3. The van der Waals surface area contributed by atoms with Crippen LogP contribution in [0.1, 0.15) is 42.1 Å². The predicted molar refractivity (Wildman–Crippen MR) is 79.3 cm³/mol. The zero-order valence-corrected chi connectivity index (χ0v) is 12.4. The maximum Gasteiger partial charge on any atom is 0.129 e. The van der Waals surface area contributed by atoms with Crippen LogP contribution in [-0.2, 0) is 6.54 Å². The average molecular weight is 273 g/mol.